The van der Waals surface area contributed by atoms with Gasteiger partial charge in [-0.2, -0.15) is 13.2 Å². The second-order valence-electron chi connectivity index (χ2n) is 12.8. The Morgan fingerprint density at radius 2 is 1.73 bits per heavy atom. The second-order valence-corrected chi connectivity index (χ2v) is 13.2. The molecule has 13 heteroatoms. The Morgan fingerprint density at radius 1 is 1.07 bits per heavy atom. The van der Waals surface area contributed by atoms with E-state index in [1.54, 1.807) is 9.80 Å². The number of hydrogen-bond donors (Lipinski definition) is 3. The third kappa shape index (κ3) is 7.66. The summed E-state index contributed by atoms with van der Waals surface area (Å²) < 4.78 is 41.1. The number of alkyl halides is 3. The molecule has 9 nitrogen and oxygen atoms in total. The number of likely N-dealkylation sites (tertiary alicyclic amines) is 2. The first-order valence-electron chi connectivity index (χ1n) is 15.4. The lowest BCUT2D eigenvalue weighted by Crippen LogP contribution is -2.52. The van der Waals surface area contributed by atoms with Crippen LogP contribution in [0.5, 0.6) is 0 Å². The second kappa shape index (κ2) is 13.1. The highest BCUT2D eigenvalue weighted by Gasteiger charge is 2.38. The average molecular weight is 649 g/mol. The Kier molecular flexibility index (Phi) is 9.55. The number of halogens is 4. The van der Waals surface area contributed by atoms with Gasteiger partial charge in [0, 0.05) is 56.4 Å². The monoisotopic (exact) mass is 648 g/mol. The Morgan fingerprint density at radius 3 is 2.40 bits per heavy atom. The highest BCUT2D eigenvalue weighted by Crippen LogP contribution is 2.38. The van der Waals surface area contributed by atoms with Crippen molar-refractivity contribution in [1.29, 1.82) is 0 Å². The van der Waals surface area contributed by atoms with Gasteiger partial charge in [-0.15, -0.1) is 0 Å². The first-order valence-corrected chi connectivity index (χ1v) is 15.8. The number of carbonyl (C=O) groups excluding carboxylic acids is 3. The minimum absolute atomic E-state index is 0.0441. The molecular formula is C32H40ClF3N6O3. The number of anilines is 2. The fourth-order valence-electron chi connectivity index (χ4n) is 6.56. The molecule has 0 spiro atoms. The van der Waals surface area contributed by atoms with Crippen molar-refractivity contribution < 1.29 is 27.6 Å². The molecule has 3 aliphatic heterocycles. The van der Waals surface area contributed by atoms with Gasteiger partial charge in [0.05, 0.1) is 22.2 Å². The molecule has 0 aliphatic carbocycles. The molecule has 244 valence electrons. The number of nitrogens with zero attached hydrogens (tertiary/aromatic N) is 3. The van der Waals surface area contributed by atoms with E-state index in [2.05, 4.69) is 5.32 Å². The Bertz CT molecular complexity index is 1430. The molecule has 1 atom stereocenters. The number of nitrogens with one attached hydrogen (secondary N) is 1. The van der Waals surface area contributed by atoms with Crippen LogP contribution in [0.25, 0.3) is 0 Å². The maximum absolute atomic E-state index is 13.8. The molecule has 4 amide bonds. The van der Waals surface area contributed by atoms with Crippen molar-refractivity contribution >= 4 is 40.8 Å². The number of para-hydroxylation sites is 1. The molecule has 5 N–H and O–H groups in total. The summed E-state index contributed by atoms with van der Waals surface area (Å²) in [5.74, 6) is -1.44. The highest BCUT2D eigenvalue weighted by molar-refractivity contribution is 6.33. The van der Waals surface area contributed by atoms with Gasteiger partial charge >= 0.3 is 12.2 Å². The summed E-state index contributed by atoms with van der Waals surface area (Å²) in [5.41, 5.74) is 11.9. The number of urea groups is 1. The number of rotatable bonds is 6. The normalized spacial score (nSPS) is 19.9. The Labute approximate surface area is 266 Å². The molecular weight excluding hydrogens is 609 g/mol. The van der Waals surface area contributed by atoms with Crippen LogP contribution in [0, 0.1) is 5.92 Å². The van der Waals surface area contributed by atoms with Crippen molar-refractivity contribution in [3.05, 3.63) is 58.1 Å². The van der Waals surface area contributed by atoms with Gasteiger partial charge in [-0.25, -0.2) is 4.79 Å². The number of carbonyl (C=O) groups is 3. The van der Waals surface area contributed by atoms with Crippen LogP contribution in [0.15, 0.2) is 36.4 Å². The van der Waals surface area contributed by atoms with Crippen LogP contribution < -0.4 is 16.8 Å². The molecule has 2 saturated heterocycles. The van der Waals surface area contributed by atoms with Crippen molar-refractivity contribution in [1.82, 2.24) is 14.7 Å². The number of benzene rings is 2. The summed E-state index contributed by atoms with van der Waals surface area (Å²) in [7, 11) is 0. The Balaban J connectivity index is 1.27. The maximum Gasteiger partial charge on any atom is 0.418 e. The summed E-state index contributed by atoms with van der Waals surface area (Å²) in [6.07, 6.45) is -1.95. The molecule has 3 heterocycles. The summed E-state index contributed by atoms with van der Waals surface area (Å²) in [5, 5.41) is 2.74. The zero-order valence-corrected chi connectivity index (χ0v) is 26.1. The molecule has 0 radical (unpaired) electrons. The molecule has 2 fully saturated rings. The lowest BCUT2D eigenvalue weighted by Gasteiger charge is -2.39. The van der Waals surface area contributed by atoms with E-state index in [0.717, 1.165) is 23.7 Å². The molecule has 0 bridgehead atoms. The smallest absolute Gasteiger partial charge is 0.397 e. The van der Waals surface area contributed by atoms with Gasteiger partial charge in [0.2, 0.25) is 11.8 Å². The lowest BCUT2D eigenvalue weighted by atomic mass is 9.88. The van der Waals surface area contributed by atoms with Gasteiger partial charge in [-0.1, -0.05) is 29.8 Å². The van der Waals surface area contributed by atoms with E-state index in [1.165, 1.54) is 6.07 Å². The van der Waals surface area contributed by atoms with Gasteiger partial charge in [0.1, 0.15) is 0 Å². The number of fused-ring (bicyclic) bond motifs is 1. The molecule has 2 aromatic carbocycles. The largest absolute Gasteiger partial charge is 0.418 e. The number of amides is 4. The van der Waals surface area contributed by atoms with Crippen LogP contribution in [0.4, 0.5) is 29.3 Å². The molecule has 3 aliphatic rings. The van der Waals surface area contributed by atoms with Crippen LogP contribution >= 0.6 is 11.6 Å². The van der Waals surface area contributed by atoms with Gasteiger partial charge < -0.3 is 31.5 Å². The molecule has 5 rings (SSSR count). The van der Waals surface area contributed by atoms with Crippen molar-refractivity contribution in [2.75, 3.05) is 43.8 Å². The van der Waals surface area contributed by atoms with E-state index in [4.69, 9.17) is 23.1 Å². The standard InChI is InChI=1S/C32H40ClF3N6O3/c1-31(38)9-14-41(15-10-31)29(44)22(16-20-17-24(32(34,35)36)28(37)25(33)18-20)19-27(43)40-11-7-23(8-12-40)42-13-6-21-4-2-3-5-26(21)39-30(42)45/h2-5,17-18,22-23H,6-16,19,37-38H2,1H3,(H,39,45). The molecule has 45 heavy (non-hydrogen) atoms. The first kappa shape index (κ1) is 32.9. The van der Waals surface area contributed by atoms with Crippen molar-refractivity contribution in [2.45, 2.75) is 69.6 Å². The fraction of sp³-hybridized carbons (Fsp3) is 0.531. The van der Waals surface area contributed by atoms with Crippen LogP contribution in [0.1, 0.15) is 55.7 Å². The van der Waals surface area contributed by atoms with Gasteiger partial charge in [-0.3, -0.25) is 9.59 Å². The lowest BCUT2D eigenvalue weighted by molar-refractivity contribution is -0.143. The number of nitrogens with two attached hydrogens (primary N) is 2. The highest BCUT2D eigenvalue weighted by atomic mass is 35.5. The van der Waals surface area contributed by atoms with Crippen LogP contribution in [0.2, 0.25) is 5.02 Å². The Hall–Kier alpha value is -3.51. The number of piperidine rings is 2. The zero-order chi connectivity index (χ0) is 32.5. The van der Waals surface area contributed by atoms with E-state index in [1.807, 2.05) is 36.1 Å². The SMILES string of the molecule is CC1(N)CCN(C(=O)C(CC(=O)N2CCC(N3CCc4ccccc4NC3=O)CC2)Cc2cc(Cl)c(N)c(C(F)(F)F)c2)CC1. The molecule has 2 aromatic rings. The predicted octanol–water partition coefficient (Wildman–Crippen LogP) is 4.91. The molecule has 0 aromatic heterocycles. The summed E-state index contributed by atoms with van der Waals surface area (Å²) in [4.78, 5) is 45.5. The van der Waals surface area contributed by atoms with Crippen LogP contribution in [0.3, 0.4) is 0 Å². The fourth-order valence-corrected chi connectivity index (χ4v) is 6.80. The van der Waals surface area contributed by atoms with Gasteiger partial charge in [0.25, 0.3) is 0 Å². The van der Waals surface area contributed by atoms with E-state index >= 15 is 0 Å². The minimum Gasteiger partial charge on any atom is -0.397 e. The first-order chi connectivity index (χ1) is 21.2. The van der Waals surface area contributed by atoms with Gasteiger partial charge in [0.15, 0.2) is 0 Å². The summed E-state index contributed by atoms with van der Waals surface area (Å²) >= 11 is 6.08. The van der Waals surface area contributed by atoms with E-state index in [9.17, 15) is 27.6 Å². The third-order valence-electron chi connectivity index (χ3n) is 9.36. The van der Waals surface area contributed by atoms with Crippen LogP contribution in [-0.4, -0.2) is 76.8 Å². The summed E-state index contributed by atoms with van der Waals surface area (Å²) in [6, 6.07) is 9.75. The predicted molar refractivity (Wildman–Crippen MR) is 167 cm³/mol. The molecule has 0 saturated carbocycles. The van der Waals surface area contributed by atoms with E-state index < -0.39 is 28.9 Å². The van der Waals surface area contributed by atoms with E-state index in [0.29, 0.717) is 58.4 Å². The minimum atomic E-state index is -4.73. The van der Waals surface area contributed by atoms with Crippen molar-refractivity contribution in [3.8, 4) is 0 Å². The summed E-state index contributed by atoms with van der Waals surface area (Å²) in [6.45, 7) is 4.10. The zero-order valence-electron chi connectivity index (χ0n) is 25.3. The molecule has 1 unspecified atom stereocenters. The average Bonchev–Trinajstić information content (AvgIpc) is 3.15. The third-order valence-corrected chi connectivity index (χ3v) is 9.68. The number of nitrogen functional groups attached to an aromatic ring is 1. The number of hydrogen-bond acceptors (Lipinski definition) is 5. The quantitative estimate of drug-likeness (QED) is 0.384. The van der Waals surface area contributed by atoms with E-state index in [-0.39, 0.29) is 47.3 Å². The topological polar surface area (TPSA) is 125 Å². The van der Waals surface area contributed by atoms with Crippen LogP contribution in [-0.2, 0) is 28.6 Å². The van der Waals surface area contributed by atoms with Gasteiger partial charge in [-0.05, 0) is 74.8 Å². The van der Waals surface area contributed by atoms with Crippen molar-refractivity contribution in [3.63, 3.8) is 0 Å². The maximum atomic E-state index is 13.8. The van der Waals surface area contributed by atoms with Crippen molar-refractivity contribution in [2.24, 2.45) is 11.7 Å².